The fourth-order valence-corrected chi connectivity index (χ4v) is 1.66. The zero-order valence-electron chi connectivity index (χ0n) is 11.8. The van der Waals surface area contributed by atoms with Crippen LogP contribution in [0.15, 0.2) is 18.2 Å². The van der Waals surface area contributed by atoms with E-state index in [2.05, 4.69) is 30.8 Å². The minimum atomic E-state index is -2.86. The molecule has 0 spiro atoms. The molecular weight excluding hydrogens is 252 g/mol. The first-order valence-electron chi connectivity index (χ1n) is 6.15. The Morgan fingerprint density at radius 2 is 1.95 bits per heavy atom. The van der Waals surface area contributed by atoms with E-state index in [1.807, 2.05) is 0 Å². The number of para-hydroxylation sites is 1. The van der Waals surface area contributed by atoms with Gasteiger partial charge in [0, 0.05) is 18.7 Å². The second kappa shape index (κ2) is 6.70. The number of benzene rings is 1. The number of nitrogens with one attached hydrogen (secondary N) is 1. The standard InChI is InChI=1S/C14H21F2NO2/c1-14(2,3)9-17-8-10-6-5-7-11(18-4)12(10)19-13(15)16/h5-7,13,17H,8-9H2,1-4H3. The van der Waals surface area contributed by atoms with Crippen molar-refractivity contribution in [3.63, 3.8) is 0 Å². The maximum atomic E-state index is 12.4. The minimum absolute atomic E-state index is 0.0985. The number of methoxy groups -OCH3 is 1. The van der Waals surface area contributed by atoms with Crippen molar-refractivity contribution in [2.75, 3.05) is 13.7 Å². The quantitative estimate of drug-likeness (QED) is 0.861. The summed E-state index contributed by atoms with van der Waals surface area (Å²) in [4.78, 5) is 0. The smallest absolute Gasteiger partial charge is 0.387 e. The van der Waals surface area contributed by atoms with Crippen molar-refractivity contribution in [3.8, 4) is 11.5 Å². The second-order valence-electron chi connectivity index (χ2n) is 5.49. The van der Waals surface area contributed by atoms with Gasteiger partial charge in [0.15, 0.2) is 11.5 Å². The molecule has 0 amide bonds. The number of ether oxygens (including phenoxy) is 2. The van der Waals surface area contributed by atoms with Gasteiger partial charge < -0.3 is 14.8 Å². The fraction of sp³-hybridized carbons (Fsp3) is 0.571. The van der Waals surface area contributed by atoms with Crippen LogP contribution < -0.4 is 14.8 Å². The average Bonchev–Trinajstić information content (AvgIpc) is 2.28. The molecule has 19 heavy (non-hydrogen) atoms. The number of hydrogen-bond donors (Lipinski definition) is 1. The van der Waals surface area contributed by atoms with Crippen LogP contribution in [0.25, 0.3) is 0 Å². The first kappa shape index (κ1) is 15.7. The highest BCUT2D eigenvalue weighted by Gasteiger charge is 2.16. The molecule has 0 saturated carbocycles. The van der Waals surface area contributed by atoms with Crippen LogP contribution in [0.4, 0.5) is 8.78 Å². The summed E-state index contributed by atoms with van der Waals surface area (Å²) in [6, 6.07) is 5.10. The summed E-state index contributed by atoms with van der Waals surface area (Å²) in [5.74, 6) is 0.414. The SMILES string of the molecule is COc1cccc(CNCC(C)(C)C)c1OC(F)F. The fourth-order valence-electron chi connectivity index (χ4n) is 1.66. The molecule has 0 aliphatic rings. The van der Waals surface area contributed by atoms with Gasteiger partial charge in [0.2, 0.25) is 0 Å². The maximum Gasteiger partial charge on any atom is 0.387 e. The van der Waals surface area contributed by atoms with E-state index in [1.54, 1.807) is 18.2 Å². The molecule has 0 radical (unpaired) electrons. The number of rotatable bonds is 6. The van der Waals surface area contributed by atoms with E-state index >= 15 is 0 Å². The highest BCUT2D eigenvalue weighted by Crippen LogP contribution is 2.32. The van der Waals surface area contributed by atoms with Crippen LogP contribution in [0.5, 0.6) is 11.5 Å². The monoisotopic (exact) mass is 273 g/mol. The summed E-state index contributed by atoms with van der Waals surface area (Å²) in [6.07, 6.45) is 0. The Morgan fingerprint density at radius 1 is 1.26 bits per heavy atom. The predicted molar refractivity (Wildman–Crippen MR) is 70.8 cm³/mol. The van der Waals surface area contributed by atoms with Gasteiger partial charge in [0.05, 0.1) is 7.11 Å². The molecule has 0 unspecified atom stereocenters. The summed E-state index contributed by atoms with van der Waals surface area (Å²) < 4.78 is 34.5. The molecule has 0 fully saturated rings. The summed E-state index contributed by atoms with van der Waals surface area (Å²) >= 11 is 0. The third kappa shape index (κ3) is 5.42. The average molecular weight is 273 g/mol. The van der Waals surface area contributed by atoms with Crippen molar-refractivity contribution in [3.05, 3.63) is 23.8 Å². The van der Waals surface area contributed by atoms with E-state index in [9.17, 15) is 8.78 Å². The molecule has 5 heteroatoms. The van der Waals surface area contributed by atoms with Gasteiger partial charge in [-0.25, -0.2) is 0 Å². The zero-order chi connectivity index (χ0) is 14.5. The van der Waals surface area contributed by atoms with E-state index in [-0.39, 0.29) is 11.2 Å². The molecule has 1 aromatic carbocycles. The predicted octanol–water partition coefficient (Wildman–Crippen LogP) is 3.43. The van der Waals surface area contributed by atoms with Gasteiger partial charge in [-0.15, -0.1) is 0 Å². The van der Waals surface area contributed by atoms with E-state index in [1.165, 1.54) is 7.11 Å². The minimum Gasteiger partial charge on any atom is -0.493 e. The molecule has 0 aromatic heterocycles. The summed E-state index contributed by atoms with van der Waals surface area (Å²) in [5, 5.41) is 3.23. The van der Waals surface area contributed by atoms with Gasteiger partial charge in [0.25, 0.3) is 0 Å². The molecule has 0 heterocycles. The molecule has 1 rings (SSSR count). The Kier molecular flexibility index (Phi) is 5.54. The summed E-state index contributed by atoms with van der Waals surface area (Å²) in [5.41, 5.74) is 0.784. The van der Waals surface area contributed by atoms with Crippen LogP contribution in [0.2, 0.25) is 0 Å². The van der Waals surface area contributed by atoms with Crippen molar-refractivity contribution in [1.82, 2.24) is 5.32 Å². The molecule has 0 aliphatic carbocycles. The van der Waals surface area contributed by atoms with Crippen molar-refractivity contribution >= 4 is 0 Å². The Hall–Kier alpha value is -1.36. The van der Waals surface area contributed by atoms with Gasteiger partial charge >= 0.3 is 6.61 Å². The van der Waals surface area contributed by atoms with Crippen molar-refractivity contribution in [2.45, 2.75) is 33.9 Å². The number of hydrogen-bond acceptors (Lipinski definition) is 3. The molecule has 0 atom stereocenters. The number of halogens is 2. The summed E-state index contributed by atoms with van der Waals surface area (Å²) in [6.45, 7) is 4.67. The van der Waals surface area contributed by atoms with Crippen LogP contribution >= 0.6 is 0 Å². The van der Waals surface area contributed by atoms with Gasteiger partial charge in [0.1, 0.15) is 0 Å². The Bertz CT molecular complexity index is 403. The highest BCUT2D eigenvalue weighted by molar-refractivity contribution is 5.46. The second-order valence-corrected chi connectivity index (χ2v) is 5.49. The highest BCUT2D eigenvalue weighted by atomic mass is 19.3. The van der Waals surface area contributed by atoms with Crippen LogP contribution in [0.1, 0.15) is 26.3 Å². The topological polar surface area (TPSA) is 30.5 Å². The van der Waals surface area contributed by atoms with Gasteiger partial charge in [-0.1, -0.05) is 32.9 Å². The van der Waals surface area contributed by atoms with Gasteiger partial charge in [-0.2, -0.15) is 8.78 Å². The lowest BCUT2D eigenvalue weighted by Crippen LogP contribution is -2.26. The van der Waals surface area contributed by atoms with Crippen LogP contribution in [-0.4, -0.2) is 20.3 Å². The van der Waals surface area contributed by atoms with Crippen LogP contribution in [0, 0.1) is 5.41 Å². The van der Waals surface area contributed by atoms with Crippen molar-refractivity contribution in [1.29, 1.82) is 0 Å². The molecule has 3 nitrogen and oxygen atoms in total. The third-order valence-corrected chi connectivity index (χ3v) is 2.46. The molecular formula is C14H21F2NO2. The molecule has 0 bridgehead atoms. The normalized spacial score (nSPS) is 11.7. The number of alkyl halides is 2. The third-order valence-electron chi connectivity index (χ3n) is 2.46. The lowest BCUT2D eigenvalue weighted by atomic mass is 9.97. The zero-order valence-corrected chi connectivity index (χ0v) is 11.8. The molecule has 108 valence electrons. The van der Waals surface area contributed by atoms with Crippen LogP contribution in [0.3, 0.4) is 0 Å². The maximum absolute atomic E-state index is 12.4. The van der Waals surface area contributed by atoms with E-state index in [0.717, 1.165) is 6.54 Å². The van der Waals surface area contributed by atoms with Crippen LogP contribution in [-0.2, 0) is 6.54 Å². The Labute approximate surface area is 112 Å². The molecule has 1 N–H and O–H groups in total. The van der Waals surface area contributed by atoms with Crippen molar-refractivity contribution < 1.29 is 18.3 Å². The lowest BCUT2D eigenvalue weighted by Gasteiger charge is -2.20. The largest absolute Gasteiger partial charge is 0.493 e. The van der Waals surface area contributed by atoms with Gasteiger partial charge in [-0.3, -0.25) is 0 Å². The first-order chi connectivity index (χ1) is 8.83. The van der Waals surface area contributed by atoms with Gasteiger partial charge in [-0.05, 0) is 11.5 Å². The lowest BCUT2D eigenvalue weighted by molar-refractivity contribution is -0.0518. The van der Waals surface area contributed by atoms with E-state index in [0.29, 0.717) is 17.9 Å². The molecule has 0 aliphatic heterocycles. The first-order valence-corrected chi connectivity index (χ1v) is 6.15. The van der Waals surface area contributed by atoms with Crippen molar-refractivity contribution in [2.24, 2.45) is 5.41 Å². The Balaban J connectivity index is 2.81. The van der Waals surface area contributed by atoms with E-state index < -0.39 is 6.61 Å². The molecule has 1 aromatic rings. The molecule has 0 saturated heterocycles. The summed E-state index contributed by atoms with van der Waals surface area (Å²) in [7, 11) is 1.43. The van der Waals surface area contributed by atoms with E-state index in [4.69, 9.17) is 4.74 Å². The Morgan fingerprint density at radius 3 is 2.47 bits per heavy atom.